The van der Waals surface area contributed by atoms with Crippen molar-refractivity contribution in [1.82, 2.24) is 14.1 Å². The Morgan fingerprint density at radius 2 is 1.52 bits per heavy atom. The van der Waals surface area contributed by atoms with Gasteiger partial charge in [0.15, 0.2) is 5.76 Å². The molecule has 0 saturated carbocycles. The molecule has 0 unspecified atom stereocenters. The van der Waals surface area contributed by atoms with Gasteiger partial charge in [-0.3, -0.25) is 9.69 Å². The second-order valence-electron chi connectivity index (χ2n) is 8.35. The van der Waals surface area contributed by atoms with Gasteiger partial charge in [-0.1, -0.05) is 18.6 Å². The summed E-state index contributed by atoms with van der Waals surface area (Å²) in [5, 5.41) is -0.214. The lowest BCUT2D eigenvalue weighted by atomic mass is 10.1. The van der Waals surface area contributed by atoms with E-state index in [9.17, 15) is 26.4 Å². The number of carbonyl (C=O) groups excluding carboxylic acids is 1. The molecule has 33 heavy (non-hydrogen) atoms. The molecule has 4 rings (SSSR count). The van der Waals surface area contributed by atoms with E-state index in [1.54, 1.807) is 4.90 Å². The summed E-state index contributed by atoms with van der Waals surface area (Å²) in [5.41, 5.74) is 0.0863. The van der Waals surface area contributed by atoms with Gasteiger partial charge in [-0.15, -0.1) is 0 Å². The lowest BCUT2D eigenvalue weighted by molar-refractivity contribution is -0.137. The van der Waals surface area contributed by atoms with Crippen LogP contribution in [0.25, 0.3) is 0 Å². The molecule has 11 heteroatoms. The highest BCUT2D eigenvalue weighted by atomic mass is 32.2. The lowest BCUT2D eigenvalue weighted by Gasteiger charge is -2.34. The molecule has 0 bridgehead atoms. The van der Waals surface area contributed by atoms with Crippen molar-refractivity contribution in [2.45, 2.75) is 37.1 Å². The molecule has 1 amide bonds. The van der Waals surface area contributed by atoms with Gasteiger partial charge in [0.25, 0.3) is 15.9 Å². The zero-order chi connectivity index (χ0) is 23.6. The van der Waals surface area contributed by atoms with Crippen LogP contribution in [0.3, 0.4) is 0 Å². The lowest BCUT2D eigenvalue weighted by Crippen LogP contribution is -2.48. The first kappa shape index (κ1) is 23.8. The SMILES string of the molecule is O=C(c1ccc(S(=O)(=O)N2CCCCC2)o1)N1CCN(Cc2ccc(C(F)(F)F)cc2)CC1. The topological polar surface area (TPSA) is 74.1 Å². The Hall–Kier alpha value is -2.37. The highest BCUT2D eigenvalue weighted by Gasteiger charge is 2.32. The number of sulfonamides is 1. The summed E-state index contributed by atoms with van der Waals surface area (Å²) >= 11 is 0. The summed E-state index contributed by atoms with van der Waals surface area (Å²) in [6.45, 7) is 3.31. The third-order valence-corrected chi connectivity index (χ3v) is 7.82. The minimum Gasteiger partial charge on any atom is -0.438 e. The van der Waals surface area contributed by atoms with Crippen LogP contribution in [-0.4, -0.2) is 67.7 Å². The molecule has 2 aliphatic heterocycles. The van der Waals surface area contributed by atoms with Crippen LogP contribution in [-0.2, 0) is 22.7 Å². The maximum atomic E-state index is 12.8. The van der Waals surface area contributed by atoms with Crippen molar-refractivity contribution in [1.29, 1.82) is 0 Å². The first-order valence-corrected chi connectivity index (χ1v) is 12.4. The summed E-state index contributed by atoms with van der Waals surface area (Å²) in [7, 11) is -3.74. The van der Waals surface area contributed by atoms with Crippen molar-refractivity contribution in [2.75, 3.05) is 39.3 Å². The van der Waals surface area contributed by atoms with Gasteiger partial charge in [-0.05, 0) is 42.7 Å². The summed E-state index contributed by atoms with van der Waals surface area (Å²) in [5.74, 6) is -0.383. The molecule has 0 aliphatic carbocycles. The van der Waals surface area contributed by atoms with Gasteiger partial charge >= 0.3 is 6.18 Å². The number of carbonyl (C=O) groups is 1. The molecule has 2 aliphatic rings. The molecule has 1 aromatic heterocycles. The van der Waals surface area contributed by atoms with Gasteiger partial charge in [0.05, 0.1) is 5.56 Å². The van der Waals surface area contributed by atoms with Crippen molar-refractivity contribution in [3.63, 3.8) is 0 Å². The van der Waals surface area contributed by atoms with Gasteiger partial charge in [0.1, 0.15) is 0 Å². The van der Waals surface area contributed by atoms with Crippen LogP contribution in [0.2, 0.25) is 0 Å². The Balaban J connectivity index is 1.32. The number of hydrogen-bond donors (Lipinski definition) is 0. The maximum absolute atomic E-state index is 12.8. The minimum atomic E-state index is -4.36. The number of alkyl halides is 3. The van der Waals surface area contributed by atoms with Crippen LogP contribution in [0.5, 0.6) is 0 Å². The van der Waals surface area contributed by atoms with Crippen molar-refractivity contribution >= 4 is 15.9 Å². The zero-order valence-electron chi connectivity index (χ0n) is 18.1. The molecule has 7 nitrogen and oxygen atoms in total. The van der Waals surface area contributed by atoms with E-state index in [2.05, 4.69) is 4.90 Å². The highest BCUT2D eigenvalue weighted by molar-refractivity contribution is 7.89. The fraction of sp³-hybridized carbons (Fsp3) is 0.500. The smallest absolute Gasteiger partial charge is 0.416 e. The average molecular weight is 486 g/mol. The van der Waals surface area contributed by atoms with E-state index in [1.165, 1.54) is 28.6 Å². The van der Waals surface area contributed by atoms with Crippen molar-refractivity contribution in [2.24, 2.45) is 0 Å². The Kier molecular flexibility index (Phi) is 6.83. The number of piperazine rings is 1. The Bertz CT molecular complexity index is 1070. The molecular formula is C22H26F3N3O4S. The predicted molar refractivity (Wildman–Crippen MR) is 114 cm³/mol. The average Bonchev–Trinajstić information content (AvgIpc) is 3.31. The van der Waals surface area contributed by atoms with Gasteiger partial charge in [0.2, 0.25) is 5.09 Å². The first-order chi connectivity index (χ1) is 15.6. The number of halogens is 3. The number of benzene rings is 1. The van der Waals surface area contributed by atoms with E-state index < -0.39 is 21.8 Å². The van der Waals surface area contributed by atoms with Gasteiger partial charge < -0.3 is 9.32 Å². The van der Waals surface area contributed by atoms with Crippen molar-refractivity contribution in [3.8, 4) is 0 Å². The Labute approximate surface area is 190 Å². The molecule has 2 aromatic rings. The summed E-state index contributed by atoms with van der Waals surface area (Å²) in [6.07, 6.45) is -1.74. The normalized spacial score (nSPS) is 19.1. The van der Waals surface area contributed by atoms with Crippen LogP contribution < -0.4 is 0 Å². The minimum absolute atomic E-state index is 0.0122. The monoisotopic (exact) mass is 485 g/mol. The van der Waals surface area contributed by atoms with Crippen LogP contribution in [0.1, 0.15) is 40.9 Å². The molecule has 1 aromatic carbocycles. The van der Waals surface area contributed by atoms with E-state index in [1.807, 2.05) is 0 Å². The van der Waals surface area contributed by atoms with E-state index in [0.717, 1.165) is 37.0 Å². The van der Waals surface area contributed by atoms with E-state index in [0.29, 0.717) is 45.8 Å². The van der Waals surface area contributed by atoms with Crippen LogP contribution >= 0.6 is 0 Å². The number of furan rings is 1. The zero-order valence-corrected chi connectivity index (χ0v) is 18.9. The highest BCUT2D eigenvalue weighted by Crippen LogP contribution is 2.29. The van der Waals surface area contributed by atoms with Crippen LogP contribution in [0, 0.1) is 0 Å². The Morgan fingerprint density at radius 3 is 2.12 bits per heavy atom. The number of amides is 1. The fourth-order valence-corrected chi connectivity index (χ4v) is 5.56. The molecule has 2 fully saturated rings. The fourth-order valence-electron chi connectivity index (χ4n) is 4.13. The van der Waals surface area contributed by atoms with E-state index in [-0.39, 0.29) is 16.8 Å². The van der Waals surface area contributed by atoms with Crippen molar-refractivity contribution in [3.05, 3.63) is 53.3 Å². The van der Waals surface area contributed by atoms with E-state index >= 15 is 0 Å². The van der Waals surface area contributed by atoms with Crippen molar-refractivity contribution < 1.29 is 30.8 Å². The predicted octanol–water partition coefficient (Wildman–Crippen LogP) is 3.43. The molecule has 0 N–H and O–H groups in total. The molecule has 0 radical (unpaired) electrons. The second kappa shape index (κ2) is 9.47. The third-order valence-electron chi connectivity index (χ3n) is 6.05. The number of nitrogens with zero attached hydrogens (tertiary/aromatic N) is 3. The number of rotatable bonds is 5. The largest absolute Gasteiger partial charge is 0.438 e. The van der Waals surface area contributed by atoms with Gasteiger partial charge in [-0.25, -0.2) is 8.42 Å². The Morgan fingerprint density at radius 1 is 0.879 bits per heavy atom. The summed E-state index contributed by atoms with van der Waals surface area (Å²) in [6, 6.07) is 7.80. The second-order valence-corrected chi connectivity index (χ2v) is 10.2. The molecule has 0 spiro atoms. The molecular weight excluding hydrogens is 459 g/mol. The molecule has 0 atom stereocenters. The van der Waals surface area contributed by atoms with E-state index in [4.69, 9.17) is 4.42 Å². The molecule has 2 saturated heterocycles. The van der Waals surface area contributed by atoms with Gasteiger partial charge in [-0.2, -0.15) is 17.5 Å². The summed E-state index contributed by atoms with van der Waals surface area (Å²) in [4.78, 5) is 16.5. The molecule has 3 heterocycles. The van der Waals surface area contributed by atoms with Crippen LogP contribution in [0.4, 0.5) is 13.2 Å². The maximum Gasteiger partial charge on any atom is 0.416 e. The van der Waals surface area contributed by atoms with Crippen LogP contribution in [0.15, 0.2) is 45.9 Å². The van der Waals surface area contributed by atoms with Gasteiger partial charge in [0, 0.05) is 45.8 Å². The summed E-state index contributed by atoms with van der Waals surface area (Å²) < 4.78 is 70.4. The number of hydrogen-bond acceptors (Lipinski definition) is 5. The standard InChI is InChI=1S/C22H26F3N3O4S/c23-22(24,25)18-6-4-17(5-7-18)16-26-12-14-27(15-13-26)21(29)19-8-9-20(32-19)33(30,31)28-10-2-1-3-11-28/h4-9H,1-3,10-16H2. The molecule has 180 valence electrons. The number of piperidine rings is 1. The quantitative estimate of drug-likeness (QED) is 0.649. The first-order valence-electron chi connectivity index (χ1n) is 10.9. The third kappa shape index (κ3) is 5.42.